The summed E-state index contributed by atoms with van der Waals surface area (Å²) in [5.41, 5.74) is 0. The Kier molecular flexibility index (Phi) is 8.32. The molecule has 2 rings (SSSR count). The number of carboxylic acid groups (broad SMARTS) is 1. The second kappa shape index (κ2) is 10.7. The molecule has 0 spiro atoms. The van der Waals surface area contributed by atoms with E-state index in [0.717, 1.165) is 17.8 Å². The Balaban J connectivity index is 1.95. The fourth-order valence-corrected chi connectivity index (χ4v) is 3.52. The van der Waals surface area contributed by atoms with E-state index in [1.54, 1.807) is 17.0 Å². The van der Waals surface area contributed by atoms with Crippen LogP contribution in [0, 0.1) is 29.6 Å². The maximum absolute atomic E-state index is 12.1. The molecule has 1 aromatic rings. The van der Waals surface area contributed by atoms with Gasteiger partial charge in [-0.1, -0.05) is 37.8 Å². The first-order chi connectivity index (χ1) is 13.4. The van der Waals surface area contributed by atoms with Crippen LogP contribution < -0.4 is 0 Å². The second-order valence-electron chi connectivity index (χ2n) is 6.66. The normalized spacial score (nSPS) is 18.3. The molecule has 0 aliphatic carbocycles. The van der Waals surface area contributed by atoms with Gasteiger partial charge < -0.3 is 15.1 Å². The molecular formula is C22H25NO4S. The van der Waals surface area contributed by atoms with Crippen LogP contribution in [0.2, 0.25) is 0 Å². The monoisotopic (exact) mass is 399 g/mol. The van der Waals surface area contributed by atoms with Crippen molar-refractivity contribution in [2.75, 3.05) is 6.54 Å². The molecule has 1 fully saturated rings. The van der Waals surface area contributed by atoms with E-state index in [1.807, 2.05) is 19.9 Å². The first-order valence-electron chi connectivity index (χ1n) is 9.36. The zero-order valence-electron chi connectivity index (χ0n) is 16.1. The summed E-state index contributed by atoms with van der Waals surface area (Å²) >= 11 is 1.12. The number of hydrogen-bond donors (Lipinski definition) is 2. The largest absolute Gasteiger partial charge is 0.477 e. The van der Waals surface area contributed by atoms with Crippen molar-refractivity contribution in [3.05, 3.63) is 34.0 Å². The summed E-state index contributed by atoms with van der Waals surface area (Å²) in [6, 6.07) is 3.11. The van der Waals surface area contributed by atoms with Crippen LogP contribution in [0.15, 0.2) is 24.3 Å². The molecule has 1 amide bonds. The van der Waals surface area contributed by atoms with Gasteiger partial charge in [-0.2, -0.15) is 0 Å². The summed E-state index contributed by atoms with van der Waals surface area (Å²) < 4.78 is 0. The maximum atomic E-state index is 12.1. The van der Waals surface area contributed by atoms with E-state index < -0.39 is 12.1 Å². The number of carbonyl (C=O) groups excluding carboxylic acids is 1. The van der Waals surface area contributed by atoms with Gasteiger partial charge in [-0.15, -0.1) is 23.2 Å². The maximum Gasteiger partial charge on any atom is 0.345 e. The Labute approximate surface area is 170 Å². The van der Waals surface area contributed by atoms with Gasteiger partial charge in [-0.05, 0) is 24.5 Å². The molecule has 148 valence electrons. The molecule has 0 unspecified atom stereocenters. The number of aromatic carboxylic acids is 1. The van der Waals surface area contributed by atoms with E-state index in [2.05, 4.69) is 23.7 Å². The van der Waals surface area contributed by atoms with Crippen LogP contribution in [0.1, 0.15) is 54.1 Å². The number of amides is 1. The Morgan fingerprint density at radius 3 is 2.86 bits per heavy atom. The Morgan fingerprint density at radius 2 is 2.18 bits per heavy atom. The summed E-state index contributed by atoms with van der Waals surface area (Å²) in [4.78, 5) is 25.7. The number of likely N-dealkylation sites (tertiary alicyclic amines) is 1. The fourth-order valence-electron chi connectivity index (χ4n) is 2.80. The van der Waals surface area contributed by atoms with E-state index in [-0.39, 0.29) is 29.3 Å². The molecule has 6 heteroatoms. The zero-order valence-corrected chi connectivity index (χ0v) is 17.0. The number of aliphatic hydroxyl groups is 1. The third kappa shape index (κ3) is 6.27. The highest BCUT2D eigenvalue weighted by atomic mass is 32.1. The van der Waals surface area contributed by atoms with Crippen molar-refractivity contribution < 1.29 is 19.8 Å². The Bertz CT molecular complexity index is 849. The lowest BCUT2D eigenvalue weighted by atomic mass is 10.00. The van der Waals surface area contributed by atoms with Crippen LogP contribution in [0.3, 0.4) is 0 Å². The van der Waals surface area contributed by atoms with Crippen molar-refractivity contribution in [1.82, 2.24) is 4.90 Å². The van der Waals surface area contributed by atoms with Crippen molar-refractivity contribution in [3.8, 4) is 23.7 Å². The predicted octanol–water partition coefficient (Wildman–Crippen LogP) is 3.15. The van der Waals surface area contributed by atoms with E-state index in [1.165, 1.54) is 6.07 Å². The van der Waals surface area contributed by atoms with Gasteiger partial charge in [0, 0.05) is 19.3 Å². The van der Waals surface area contributed by atoms with Gasteiger partial charge in [0.2, 0.25) is 5.91 Å². The van der Waals surface area contributed by atoms with Crippen LogP contribution in [0.25, 0.3) is 0 Å². The number of thiophene rings is 1. The van der Waals surface area contributed by atoms with Crippen molar-refractivity contribution in [3.63, 3.8) is 0 Å². The standard InChI is InChI=1S/C22H25NO4S/c1-3-4-5-7-16(2)19(24)12-9-17-10-14-21(25)23(17)15-6-8-18-11-13-20(28-18)22(26)27/h9,11-13,16-17,19,24H,3,7,10,14-15H2,1-2H3,(H,26,27)/b12-9+/t16-,17-,19+/m0/s1. The molecule has 28 heavy (non-hydrogen) atoms. The molecule has 0 bridgehead atoms. The summed E-state index contributed by atoms with van der Waals surface area (Å²) in [5.74, 6) is 11.0. The van der Waals surface area contributed by atoms with Crippen LogP contribution >= 0.6 is 11.3 Å². The molecule has 5 nitrogen and oxygen atoms in total. The van der Waals surface area contributed by atoms with E-state index in [4.69, 9.17) is 5.11 Å². The SMILES string of the molecule is CCC#CC[C@H](C)[C@H](O)/C=C/[C@H]1CCC(=O)N1CC#Cc1ccc(C(=O)O)s1. The molecule has 3 atom stereocenters. The molecule has 0 aromatic carbocycles. The molecule has 0 radical (unpaired) electrons. The highest BCUT2D eigenvalue weighted by Crippen LogP contribution is 2.21. The third-order valence-corrected chi connectivity index (χ3v) is 5.48. The lowest BCUT2D eigenvalue weighted by Gasteiger charge is -2.20. The van der Waals surface area contributed by atoms with E-state index >= 15 is 0 Å². The first kappa shape index (κ1) is 21.8. The van der Waals surface area contributed by atoms with Gasteiger partial charge in [0.25, 0.3) is 0 Å². The summed E-state index contributed by atoms with van der Waals surface area (Å²) in [6.07, 6.45) is 5.65. The lowest BCUT2D eigenvalue weighted by molar-refractivity contribution is -0.127. The number of hydrogen-bond acceptors (Lipinski definition) is 4. The number of carboxylic acids is 1. The van der Waals surface area contributed by atoms with Crippen LogP contribution in [-0.4, -0.2) is 45.7 Å². The molecule has 1 aliphatic rings. The average Bonchev–Trinajstić information content (AvgIpc) is 3.27. The highest BCUT2D eigenvalue weighted by Gasteiger charge is 2.28. The number of rotatable bonds is 6. The molecule has 1 aliphatic heterocycles. The van der Waals surface area contributed by atoms with Crippen LogP contribution in [0.5, 0.6) is 0 Å². The summed E-state index contributed by atoms with van der Waals surface area (Å²) in [6.45, 7) is 4.22. The predicted molar refractivity (Wildman–Crippen MR) is 110 cm³/mol. The molecule has 0 saturated carbocycles. The fraction of sp³-hybridized carbons (Fsp3) is 0.455. The van der Waals surface area contributed by atoms with Gasteiger partial charge in [-0.25, -0.2) is 4.79 Å². The molecule has 2 heterocycles. The minimum absolute atomic E-state index is 0.0305. The molecule has 1 aromatic heterocycles. The average molecular weight is 400 g/mol. The number of nitrogens with zero attached hydrogens (tertiary/aromatic N) is 1. The third-order valence-electron chi connectivity index (χ3n) is 4.49. The Morgan fingerprint density at radius 1 is 1.39 bits per heavy atom. The Hall–Kier alpha value is -2.54. The molecule has 2 N–H and O–H groups in total. The first-order valence-corrected chi connectivity index (χ1v) is 10.2. The molecular weight excluding hydrogens is 374 g/mol. The number of carbonyl (C=O) groups is 2. The minimum Gasteiger partial charge on any atom is -0.477 e. The quantitative estimate of drug-likeness (QED) is 0.569. The highest BCUT2D eigenvalue weighted by molar-refractivity contribution is 7.14. The smallest absolute Gasteiger partial charge is 0.345 e. The van der Waals surface area contributed by atoms with Gasteiger partial charge in [0.05, 0.1) is 23.6 Å². The summed E-state index contributed by atoms with van der Waals surface area (Å²) in [7, 11) is 0. The van der Waals surface area contributed by atoms with Gasteiger partial charge >= 0.3 is 5.97 Å². The van der Waals surface area contributed by atoms with Crippen molar-refractivity contribution in [2.24, 2.45) is 5.92 Å². The zero-order chi connectivity index (χ0) is 20.5. The topological polar surface area (TPSA) is 77.8 Å². The lowest BCUT2D eigenvalue weighted by Crippen LogP contribution is -2.32. The van der Waals surface area contributed by atoms with Crippen LogP contribution in [0.4, 0.5) is 0 Å². The second-order valence-corrected chi connectivity index (χ2v) is 7.75. The summed E-state index contributed by atoms with van der Waals surface area (Å²) in [5, 5.41) is 19.2. The van der Waals surface area contributed by atoms with E-state index in [9.17, 15) is 14.7 Å². The van der Waals surface area contributed by atoms with Crippen molar-refractivity contribution in [2.45, 2.75) is 51.7 Å². The van der Waals surface area contributed by atoms with E-state index in [0.29, 0.717) is 24.1 Å². The van der Waals surface area contributed by atoms with Gasteiger partial charge in [0.1, 0.15) is 4.88 Å². The van der Waals surface area contributed by atoms with Crippen molar-refractivity contribution >= 4 is 23.2 Å². The van der Waals surface area contributed by atoms with Gasteiger partial charge in [-0.3, -0.25) is 4.79 Å². The van der Waals surface area contributed by atoms with Crippen molar-refractivity contribution in [1.29, 1.82) is 0 Å². The van der Waals surface area contributed by atoms with Crippen LogP contribution in [-0.2, 0) is 4.79 Å². The molecule has 1 saturated heterocycles. The minimum atomic E-state index is -0.966. The van der Waals surface area contributed by atoms with Gasteiger partial charge in [0.15, 0.2) is 0 Å². The number of aliphatic hydroxyl groups excluding tert-OH is 1.